The summed E-state index contributed by atoms with van der Waals surface area (Å²) in [5.41, 5.74) is 1.68. The molecular formula is C27H27NO6S. The Morgan fingerprint density at radius 1 is 0.943 bits per heavy atom. The SMILES string of the molecule is CC(=O)C1CCN(C(=O)COc2cc(C)c3ccc4c(C)cc(S(=O)(=O)O)c5ccc2c3c45)CC1. The van der Waals surface area contributed by atoms with Crippen LogP contribution in [0, 0.1) is 19.8 Å². The largest absolute Gasteiger partial charge is 0.483 e. The lowest BCUT2D eigenvalue weighted by molar-refractivity contribution is -0.136. The van der Waals surface area contributed by atoms with Crippen LogP contribution in [0.3, 0.4) is 0 Å². The molecule has 1 N–H and O–H groups in total. The van der Waals surface area contributed by atoms with Gasteiger partial charge in [-0.1, -0.05) is 18.2 Å². The van der Waals surface area contributed by atoms with Gasteiger partial charge in [-0.15, -0.1) is 0 Å². The first-order valence-electron chi connectivity index (χ1n) is 11.7. The molecule has 0 aromatic heterocycles. The first kappa shape index (κ1) is 23.5. The standard InChI is InChI=1S/C27H27NO6S/c1-15-12-23(34-14-25(30)28-10-8-18(9-11-28)17(3)29)21-6-7-22-24(35(31,32)33)13-16(2)20-5-4-19(15)26(21)27(20)22/h4-7,12-13,18H,8-11,14H2,1-3H3,(H,31,32,33). The molecule has 0 atom stereocenters. The molecule has 1 aliphatic heterocycles. The quantitative estimate of drug-likeness (QED) is 0.321. The zero-order valence-electron chi connectivity index (χ0n) is 19.9. The van der Waals surface area contributed by atoms with Gasteiger partial charge in [0.1, 0.15) is 16.4 Å². The van der Waals surface area contributed by atoms with E-state index in [9.17, 15) is 22.6 Å². The van der Waals surface area contributed by atoms with Crippen LogP contribution in [0.1, 0.15) is 30.9 Å². The highest BCUT2D eigenvalue weighted by molar-refractivity contribution is 7.86. The number of likely N-dealkylation sites (tertiary alicyclic amines) is 1. The number of carbonyl (C=O) groups excluding carboxylic acids is 2. The highest BCUT2D eigenvalue weighted by Gasteiger charge is 2.26. The third-order valence-electron chi connectivity index (χ3n) is 7.29. The van der Waals surface area contributed by atoms with Gasteiger partial charge in [-0.05, 0) is 79.1 Å². The number of amides is 1. The van der Waals surface area contributed by atoms with Crippen molar-refractivity contribution in [2.75, 3.05) is 19.7 Å². The molecule has 0 aliphatic carbocycles. The van der Waals surface area contributed by atoms with Gasteiger partial charge in [0.2, 0.25) is 0 Å². The Hall–Kier alpha value is -3.23. The molecular weight excluding hydrogens is 466 g/mol. The number of rotatable bonds is 5. The Labute approximate surface area is 203 Å². The van der Waals surface area contributed by atoms with E-state index < -0.39 is 10.1 Å². The van der Waals surface area contributed by atoms with Crippen molar-refractivity contribution < 1.29 is 27.3 Å². The number of hydrogen-bond donors (Lipinski definition) is 1. The minimum absolute atomic E-state index is 0.0243. The van der Waals surface area contributed by atoms with Crippen LogP contribution in [0.25, 0.3) is 32.3 Å². The molecule has 1 aliphatic rings. The summed E-state index contributed by atoms with van der Waals surface area (Å²) in [6, 6.07) is 10.8. The molecule has 1 amide bonds. The normalized spacial score (nSPS) is 15.4. The van der Waals surface area contributed by atoms with Gasteiger partial charge in [-0.2, -0.15) is 8.42 Å². The minimum Gasteiger partial charge on any atom is -0.483 e. The molecule has 0 saturated carbocycles. The number of benzene rings is 4. The van der Waals surface area contributed by atoms with Crippen LogP contribution in [-0.4, -0.2) is 49.3 Å². The Morgan fingerprint density at radius 3 is 2.09 bits per heavy atom. The molecule has 4 aromatic carbocycles. The molecule has 0 unspecified atom stereocenters. The van der Waals surface area contributed by atoms with E-state index in [-0.39, 0.29) is 29.1 Å². The average molecular weight is 494 g/mol. The summed E-state index contributed by atoms with van der Waals surface area (Å²) in [6.07, 6.45) is 1.35. The number of hydrogen-bond acceptors (Lipinski definition) is 5. The number of carbonyl (C=O) groups is 2. The summed E-state index contributed by atoms with van der Waals surface area (Å²) < 4.78 is 40.1. The van der Waals surface area contributed by atoms with E-state index in [0.717, 1.165) is 38.1 Å². The summed E-state index contributed by atoms with van der Waals surface area (Å²) in [6.45, 7) is 6.33. The molecule has 7 nitrogen and oxygen atoms in total. The zero-order chi connectivity index (χ0) is 25.1. The van der Waals surface area contributed by atoms with Gasteiger partial charge in [0.05, 0.1) is 0 Å². The van der Waals surface area contributed by atoms with Gasteiger partial charge < -0.3 is 9.64 Å². The summed E-state index contributed by atoms with van der Waals surface area (Å²) in [5.74, 6) is 0.618. The summed E-state index contributed by atoms with van der Waals surface area (Å²) in [4.78, 5) is 26.1. The van der Waals surface area contributed by atoms with Gasteiger partial charge in [0.25, 0.3) is 16.0 Å². The summed E-state index contributed by atoms with van der Waals surface area (Å²) >= 11 is 0. The molecule has 4 aromatic rings. The van der Waals surface area contributed by atoms with Crippen LogP contribution in [0.5, 0.6) is 5.75 Å². The van der Waals surface area contributed by atoms with E-state index in [1.807, 2.05) is 32.0 Å². The molecule has 8 heteroatoms. The maximum atomic E-state index is 12.8. The topological polar surface area (TPSA) is 101 Å². The van der Waals surface area contributed by atoms with Crippen molar-refractivity contribution in [3.8, 4) is 5.75 Å². The second-order valence-corrected chi connectivity index (χ2v) is 10.9. The Kier molecular flexibility index (Phi) is 5.68. The van der Waals surface area contributed by atoms with Gasteiger partial charge in [0.15, 0.2) is 6.61 Å². The van der Waals surface area contributed by atoms with Crippen LogP contribution >= 0.6 is 0 Å². The van der Waals surface area contributed by atoms with Crippen molar-refractivity contribution in [2.24, 2.45) is 5.92 Å². The van der Waals surface area contributed by atoms with E-state index in [4.69, 9.17) is 4.74 Å². The fourth-order valence-electron chi connectivity index (χ4n) is 5.37. The highest BCUT2D eigenvalue weighted by atomic mass is 32.2. The van der Waals surface area contributed by atoms with E-state index in [0.29, 0.717) is 37.1 Å². The van der Waals surface area contributed by atoms with E-state index in [1.165, 1.54) is 6.07 Å². The van der Waals surface area contributed by atoms with E-state index >= 15 is 0 Å². The molecule has 0 radical (unpaired) electrons. The Balaban J connectivity index is 1.55. The van der Waals surface area contributed by atoms with Crippen molar-refractivity contribution in [3.05, 3.63) is 47.5 Å². The average Bonchev–Trinajstić information content (AvgIpc) is 2.82. The maximum Gasteiger partial charge on any atom is 0.295 e. The smallest absolute Gasteiger partial charge is 0.295 e. The lowest BCUT2D eigenvalue weighted by Gasteiger charge is -2.30. The molecule has 1 saturated heterocycles. The molecule has 0 bridgehead atoms. The van der Waals surface area contributed by atoms with Crippen molar-refractivity contribution in [1.82, 2.24) is 4.90 Å². The predicted molar refractivity (Wildman–Crippen MR) is 135 cm³/mol. The third-order valence-corrected chi connectivity index (χ3v) is 8.18. The van der Waals surface area contributed by atoms with Crippen molar-refractivity contribution in [1.29, 1.82) is 0 Å². The van der Waals surface area contributed by atoms with Crippen LogP contribution < -0.4 is 4.74 Å². The lowest BCUT2D eigenvalue weighted by Crippen LogP contribution is -2.42. The fraction of sp³-hybridized carbons (Fsp3) is 0.333. The molecule has 35 heavy (non-hydrogen) atoms. The predicted octanol–water partition coefficient (Wildman–Crippen LogP) is 4.65. The fourth-order valence-corrected chi connectivity index (χ4v) is 6.14. The number of ketones is 1. The Bertz CT molecular complexity index is 1600. The molecule has 1 heterocycles. The third kappa shape index (κ3) is 4.00. The second-order valence-electron chi connectivity index (χ2n) is 9.48. The van der Waals surface area contributed by atoms with Gasteiger partial charge >= 0.3 is 0 Å². The van der Waals surface area contributed by atoms with Crippen molar-refractivity contribution in [3.63, 3.8) is 0 Å². The van der Waals surface area contributed by atoms with Gasteiger partial charge in [-0.25, -0.2) is 0 Å². The zero-order valence-corrected chi connectivity index (χ0v) is 20.7. The van der Waals surface area contributed by atoms with Crippen LogP contribution in [0.2, 0.25) is 0 Å². The molecule has 182 valence electrons. The monoisotopic (exact) mass is 493 g/mol. The van der Waals surface area contributed by atoms with Crippen LogP contribution in [0.15, 0.2) is 41.3 Å². The first-order valence-corrected chi connectivity index (χ1v) is 13.1. The summed E-state index contributed by atoms with van der Waals surface area (Å²) in [5, 5.41) is 4.67. The van der Waals surface area contributed by atoms with Crippen molar-refractivity contribution >= 4 is 54.1 Å². The van der Waals surface area contributed by atoms with Crippen LogP contribution in [0.4, 0.5) is 0 Å². The number of piperidine rings is 1. The maximum absolute atomic E-state index is 12.8. The number of nitrogens with zero attached hydrogens (tertiary/aromatic N) is 1. The van der Waals surface area contributed by atoms with Crippen LogP contribution in [-0.2, 0) is 19.7 Å². The molecule has 5 rings (SSSR count). The molecule has 0 spiro atoms. The summed E-state index contributed by atoms with van der Waals surface area (Å²) in [7, 11) is -4.42. The van der Waals surface area contributed by atoms with Gasteiger partial charge in [0, 0.05) is 35.2 Å². The highest BCUT2D eigenvalue weighted by Crippen LogP contribution is 2.43. The first-order chi connectivity index (χ1) is 16.6. The minimum atomic E-state index is -4.42. The lowest BCUT2D eigenvalue weighted by atomic mass is 9.90. The van der Waals surface area contributed by atoms with Crippen molar-refractivity contribution in [2.45, 2.75) is 38.5 Å². The van der Waals surface area contributed by atoms with Gasteiger partial charge in [-0.3, -0.25) is 14.1 Å². The molecule has 1 fully saturated rings. The number of aryl methyl sites for hydroxylation is 2. The Morgan fingerprint density at radius 2 is 1.49 bits per heavy atom. The number of ether oxygens (including phenoxy) is 1. The van der Waals surface area contributed by atoms with E-state index in [2.05, 4.69) is 0 Å². The second kappa shape index (κ2) is 8.46. The number of Topliss-reactive ketones (excluding diaryl/α,β-unsaturated/α-hetero) is 1. The van der Waals surface area contributed by atoms with E-state index in [1.54, 1.807) is 24.0 Å².